The molecule has 3 saturated heterocycles. The van der Waals surface area contributed by atoms with E-state index in [0.717, 1.165) is 0 Å². The lowest BCUT2D eigenvalue weighted by molar-refractivity contribution is -0.315. The number of fused-ring (bicyclic) bond motifs is 2. The number of rotatable bonds is 6. The number of carboxylic acid groups (broad SMARTS) is 1. The highest BCUT2D eigenvalue weighted by Gasteiger charge is 2.52. The minimum Gasteiger partial charge on any atom is -0.481 e. The number of allylic oxidation sites excluding steroid dienone is 10. The summed E-state index contributed by atoms with van der Waals surface area (Å²) in [5.74, 6) is -7.76. The first kappa shape index (κ1) is 64.9. The topological polar surface area (TPSA) is 364 Å². The van der Waals surface area contributed by atoms with Gasteiger partial charge in [-0.05, 0) is 46.5 Å². The zero-order valence-electron chi connectivity index (χ0n) is 44.3. The van der Waals surface area contributed by atoms with Crippen molar-refractivity contribution in [3.05, 3.63) is 72.9 Å². The van der Waals surface area contributed by atoms with Crippen LogP contribution in [0.3, 0.4) is 0 Å². The first-order valence-corrected chi connectivity index (χ1v) is 26.2. The second-order valence-electron chi connectivity index (χ2n) is 20.7. The first-order valence-electron chi connectivity index (χ1n) is 26.2. The Morgan fingerprint density at radius 3 is 1.87 bits per heavy atom. The quantitative estimate of drug-likeness (QED) is 0.128. The van der Waals surface area contributed by atoms with Gasteiger partial charge in [0.2, 0.25) is 0 Å². The van der Waals surface area contributed by atoms with Crippen molar-refractivity contribution < 1.29 is 104 Å². The molecule has 0 spiro atoms. The summed E-state index contributed by atoms with van der Waals surface area (Å²) in [6, 6.07) is -1.17. The van der Waals surface area contributed by atoms with Crippen LogP contribution in [0.5, 0.6) is 0 Å². The molecule has 6 unspecified atom stereocenters. The molecular formula is C54H85NO21. The SMILES string of the molecule is COC1C(O)C(C)OC(OC2[C@@H](C)[C@H](C)OC(=O)C[C@H](O)CC(=O)C[C@H](O)CC[C@@H](O)[C@H](O)C[C@]3(O)C[C@H](O)[C@@H](C(=O)O)[C@H](C[C@@H](O[C@@H]4O[C@H](C)[C@@H](O)[C@H](N)[C@@H]4O)/C=C/C=C/C=C/C=C/C=C/CC/C=C/[C@@H]2C)O3)C1O. The molecule has 0 aliphatic carbocycles. The van der Waals surface area contributed by atoms with Gasteiger partial charge in [0.05, 0.1) is 79.6 Å². The third-order valence-corrected chi connectivity index (χ3v) is 14.4. The smallest absolute Gasteiger partial charge is 0.311 e. The van der Waals surface area contributed by atoms with Crippen LogP contribution in [0.25, 0.3) is 0 Å². The monoisotopic (exact) mass is 1080 g/mol. The summed E-state index contributed by atoms with van der Waals surface area (Å²) in [6.07, 6.45) is -3.75. The van der Waals surface area contributed by atoms with Gasteiger partial charge in [-0.2, -0.15) is 0 Å². The molecule has 13 N–H and O–H groups in total. The lowest BCUT2D eigenvalue weighted by Gasteiger charge is -2.45. The number of aliphatic hydroxyl groups is 10. The lowest BCUT2D eigenvalue weighted by atomic mass is 9.82. The number of carboxylic acids is 1. The van der Waals surface area contributed by atoms with Gasteiger partial charge >= 0.3 is 11.9 Å². The second-order valence-corrected chi connectivity index (χ2v) is 20.7. The summed E-state index contributed by atoms with van der Waals surface area (Å²) >= 11 is 0. The van der Waals surface area contributed by atoms with E-state index in [9.17, 15) is 70.6 Å². The van der Waals surface area contributed by atoms with Crippen molar-refractivity contribution >= 4 is 17.7 Å². The fourth-order valence-corrected chi connectivity index (χ4v) is 9.77. The van der Waals surface area contributed by atoms with Crippen molar-refractivity contribution in [1.82, 2.24) is 0 Å². The van der Waals surface area contributed by atoms with Crippen LogP contribution in [0, 0.1) is 17.8 Å². The number of ketones is 1. The van der Waals surface area contributed by atoms with Crippen LogP contribution < -0.4 is 5.73 Å². The molecule has 76 heavy (non-hydrogen) atoms. The number of hydrogen-bond donors (Lipinski definition) is 12. The number of carbonyl (C=O) groups excluding carboxylic acids is 2. The highest BCUT2D eigenvalue weighted by atomic mass is 16.7. The highest BCUT2D eigenvalue weighted by molar-refractivity contribution is 5.80. The highest BCUT2D eigenvalue weighted by Crippen LogP contribution is 2.38. The average molecular weight is 1080 g/mol. The number of Topliss-reactive ketones (excluding diaryl/α,β-unsaturated/α-hetero) is 1. The summed E-state index contributed by atoms with van der Waals surface area (Å²) in [7, 11) is 1.36. The molecule has 23 atom stereocenters. The molecule has 0 radical (unpaired) electrons. The number of aliphatic carboxylic acids is 1. The van der Waals surface area contributed by atoms with Gasteiger partial charge in [-0.3, -0.25) is 14.4 Å². The van der Waals surface area contributed by atoms with E-state index >= 15 is 0 Å². The maximum atomic E-state index is 13.1. The predicted octanol–water partition coefficient (Wildman–Crippen LogP) is 0.650. The van der Waals surface area contributed by atoms with Crippen molar-refractivity contribution in [1.29, 1.82) is 0 Å². The Labute approximate surface area is 444 Å². The molecule has 0 amide bonds. The van der Waals surface area contributed by atoms with Crippen molar-refractivity contribution in [2.45, 2.75) is 221 Å². The summed E-state index contributed by atoms with van der Waals surface area (Å²) in [5, 5.41) is 119. The number of methoxy groups -OCH3 is 1. The minimum absolute atomic E-state index is 0.230. The number of aliphatic hydroxyl groups excluding tert-OH is 9. The molecule has 2 bridgehead atoms. The zero-order chi connectivity index (χ0) is 56.4. The molecule has 0 aromatic rings. The van der Waals surface area contributed by atoms with E-state index in [1.54, 1.807) is 57.2 Å². The fraction of sp³-hybridized carbons (Fsp3) is 0.722. The molecule has 0 aromatic carbocycles. The molecule has 432 valence electrons. The molecule has 3 fully saturated rings. The van der Waals surface area contributed by atoms with E-state index in [1.165, 1.54) is 20.1 Å². The van der Waals surface area contributed by atoms with Crippen LogP contribution in [0.15, 0.2) is 72.9 Å². The Morgan fingerprint density at radius 1 is 0.645 bits per heavy atom. The molecular weight excluding hydrogens is 999 g/mol. The van der Waals surface area contributed by atoms with Gasteiger partial charge in [0, 0.05) is 51.0 Å². The number of esters is 1. The van der Waals surface area contributed by atoms with Gasteiger partial charge in [0.15, 0.2) is 18.4 Å². The first-order chi connectivity index (χ1) is 35.9. The van der Waals surface area contributed by atoms with Crippen molar-refractivity contribution in [3.8, 4) is 0 Å². The third-order valence-electron chi connectivity index (χ3n) is 14.4. The molecule has 4 aliphatic heterocycles. The van der Waals surface area contributed by atoms with Crippen LogP contribution >= 0.6 is 0 Å². The van der Waals surface area contributed by atoms with Crippen LogP contribution in [0.4, 0.5) is 0 Å². The van der Waals surface area contributed by atoms with E-state index in [1.807, 2.05) is 37.3 Å². The number of nitrogens with two attached hydrogens (primary N) is 1. The predicted molar refractivity (Wildman–Crippen MR) is 272 cm³/mol. The third kappa shape index (κ3) is 19.6. The van der Waals surface area contributed by atoms with Crippen molar-refractivity contribution in [2.24, 2.45) is 23.5 Å². The fourth-order valence-electron chi connectivity index (χ4n) is 9.77. The normalized spacial score (nSPS) is 45.6. The molecule has 0 aromatic heterocycles. The summed E-state index contributed by atoms with van der Waals surface area (Å²) in [4.78, 5) is 38.6. The standard InChI is InChI=1S/C54H85NO21/c1-29-19-17-15-13-11-9-7-8-10-12-14-16-18-20-37(74-52-47(65)44(55)45(63)32(4)72-52)26-41-43(51(67)68)40(61)28-54(69,76-41)27-39(60)38(59)22-21-34(56)23-35(57)24-36(58)25-42(62)71-31(3)30(2)49(29)75-53-48(66)50(70-6)46(64)33(5)73-53/h7-12,14,16-20,29-34,36-41,43-50,52-53,56,58-61,63-66,69H,13,15,21-28,55H2,1-6H3,(H,67,68)/b8-7+,11-9+,12-10+,16-14+,19-17+,20-18+/t29-,30-,31-,32+,33?,34+,36+,37-,38+,39+,40-,41-,43+,44-,45+,46?,47-,48?,49?,50?,52-,53?,54+/m0/s1. The molecule has 22 nitrogen and oxygen atoms in total. The van der Waals surface area contributed by atoms with Crippen LogP contribution in [-0.4, -0.2) is 203 Å². The van der Waals surface area contributed by atoms with Gasteiger partial charge in [-0.1, -0.05) is 86.8 Å². The van der Waals surface area contributed by atoms with Gasteiger partial charge in [0.1, 0.15) is 42.2 Å². The van der Waals surface area contributed by atoms with E-state index in [-0.39, 0.29) is 25.2 Å². The number of cyclic esters (lactones) is 1. The Balaban J connectivity index is 1.57. The Morgan fingerprint density at radius 2 is 1.22 bits per heavy atom. The Hall–Kier alpha value is -3.63. The Bertz CT molecular complexity index is 1980. The molecule has 22 heteroatoms. The largest absolute Gasteiger partial charge is 0.481 e. The van der Waals surface area contributed by atoms with Gasteiger partial charge in [-0.25, -0.2) is 0 Å². The number of ether oxygens (including phenoxy) is 7. The van der Waals surface area contributed by atoms with E-state index in [2.05, 4.69) is 0 Å². The number of carbonyl (C=O) groups is 3. The molecule has 0 saturated carbocycles. The van der Waals surface area contributed by atoms with Crippen LogP contribution in [0.1, 0.15) is 98.8 Å². The van der Waals surface area contributed by atoms with Gasteiger partial charge < -0.3 is 95.1 Å². The molecule has 4 aliphatic rings. The molecule has 4 heterocycles. The van der Waals surface area contributed by atoms with Gasteiger partial charge in [0.25, 0.3) is 0 Å². The summed E-state index contributed by atoms with van der Waals surface area (Å²) < 4.78 is 41.1. The van der Waals surface area contributed by atoms with Crippen LogP contribution in [0.2, 0.25) is 0 Å². The zero-order valence-corrected chi connectivity index (χ0v) is 44.3. The van der Waals surface area contributed by atoms with Gasteiger partial charge in [-0.15, -0.1) is 0 Å². The minimum atomic E-state index is -2.39. The van der Waals surface area contributed by atoms with E-state index in [4.69, 9.17) is 38.9 Å². The van der Waals surface area contributed by atoms with Crippen molar-refractivity contribution in [2.75, 3.05) is 7.11 Å². The van der Waals surface area contributed by atoms with Crippen molar-refractivity contribution in [3.63, 3.8) is 0 Å². The maximum Gasteiger partial charge on any atom is 0.311 e. The number of hydrogen-bond acceptors (Lipinski definition) is 21. The lowest BCUT2D eigenvalue weighted by Crippen LogP contribution is -2.61. The summed E-state index contributed by atoms with van der Waals surface area (Å²) in [5.41, 5.74) is 6.04. The summed E-state index contributed by atoms with van der Waals surface area (Å²) in [6.45, 7) is 8.48. The average Bonchev–Trinajstić information content (AvgIpc) is 3.33. The van der Waals surface area contributed by atoms with Crippen LogP contribution in [-0.2, 0) is 47.5 Å². The van der Waals surface area contributed by atoms with E-state index < -0.39 is 184 Å². The Kier molecular flexibility index (Phi) is 26.7. The second kappa shape index (κ2) is 31.2. The van der Waals surface area contributed by atoms with E-state index in [0.29, 0.717) is 12.8 Å². The maximum absolute atomic E-state index is 13.1. The molecule has 4 rings (SSSR count).